The van der Waals surface area contributed by atoms with Gasteiger partial charge in [-0.15, -0.1) is 10.2 Å². The van der Waals surface area contributed by atoms with Gasteiger partial charge in [-0.3, -0.25) is 4.98 Å². The molecule has 2 heterocycles. The van der Waals surface area contributed by atoms with E-state index in [0.29, 0.717) is 5.56 Å². The van der Waals surface area contributed by atoms with Crippen molar-refractivity contribution in [2.75, 3.05) is 0 Å². The van der Waals surface area contributed by atoms with Crippen molar-refractivity contribution in [3.63, 3.8) is 0 Å². The minimum atomic E-state index is -0.495. The van der Waals surface area contributed by atoms with Gasteiger partial charge in [0.1, 0.15) is 5.82 Å². The van der Waals surface area contributed by atoms with E-state index < -0.39 is 5.82 Å². The van der Waals surface area contributed by atoms with E-state index in [1.165, 1.54) is 18.2 Å². The normalized spacial score (nSPS) is 10.1. The molecule has 3 aromatic rings. The summed E-state index contributed by atoms with van der Waals surface area (Å²) in [6.45, 7) is 0. The molecule has 0 bridgehead atoms. The maximum Gasteiger partial charge on any atom is 0.248 e. The van der Waals surface area contributed by atoms with E-state index in [4.69, 9.17) is 9.95 Å². The van der Waals surface area contributed by atoms with E-state index in [-0.39, 0.29) is 23.0 Å². The number of halogens is 1. The van der Waals surface area contributed by atoms with Crippen LogP contribution in [0, 0.1) is 5.82 Å². The van der Waals surface area contributed by atoms with Gasteiger partial charge in [-0.2, -0.15) is 0 Å². The zero-order valence-electron chi connectivity index (χ0n) is 10.5. The van der Waals surface area contributed by atoms with Gasteiger partial charge in [0.2, 0.25) is 11.8 Å². The molecule has 0 radical (unpaired) electrons. The van der Waals surface area contributed by atoms with E-state index in [1.807, 2.05) is 0 Å². The predicted octanol–water partition coefficient (Wildman–Crippen LogP) is 3.88. The van der Waals surface area contributed by atoms with Gasteiger partial charge in [0.05, 0.1) is 11.3 Å². The molecular formula is C13H7FN6O. The second-order valence-electron chi connectivity index (χ2n) is 4.00. The highest BCUT2D eigenvalue weighted by Crippen LogP contribution is 2.31. The molecule has 0 saturated heterocycles. The molecule has 0 aliphatic rings. The lowest BCUT2D eigenvalue weighted by molar-refractivity contribution is 0.582. The van der Waals surface area contributed by atoms with Crippen molar-refractivity contribution < 1.29 is 8.81 Å². The van der Waals surface area contributed by atoms with Gasteiger partial charge in [0.25, 0.3) is 0 Å². The Morgan fingerprint density at radius 3 is 2.62 bits per heavy atom. The number of benzene rings is 1. The van der Waals surface area contributed by atoms with Gasteiger partial charge < -0.3 is 4.42 Å². The number of aromatic nitrogens is 3. The largest absolute Gasteiger partial charge is 0.416 e. The number of hydrogen-bond acceptors (Lipinski definition) is 5. The van der Waals surface area contributed by atoms with E-state index in [2.05, 4.69) is 25.2 Å². The van der Waals surface area contributed by atoms with E-state index >= 15 is 0 Å². The van der Waals surface area contributed by atoms with Crippen molar-refractivity contribution >= 4 is 5.69 Å². The summed E-state index contributed by atoms with van der Waals surface area (Å²) in [4.78, 5) is 6.58. The molecule has 0 aliphatic heterocycles. The highest BCUT2D eigenvalue weighted by molar-refractivity contribution is 5.70. The first kappa shape index (κ1) is 12.8. The third kappa shape index (κ3) is 2.56. The lowest BCUT2D eigenvalue weighted by Crippen LogP contribution is -1.81. The molecule has 3 rings (SSSR count). The highest BCUT2D eigenvalue weighted by Gasteiger charge is 2.14. The minimum Gasteiger partial charge on any atom is -0.416 e. The summed E-state index contributed by atoms with van der Waals surface area (Å²) >= 11 is 0. The number of nitrogens with zero attached hydrogens (tertiary/aromatic N) is 6. The number of azide groups is 1. The molecule has 0 N–H and O–H groups in total. The second kappa shape index (κ2) is 5.40. The molecule has 0 atom stereocenters. The lowest BCUT2D eigenvalue weighted by atomic mass is 10.2. The maximum absolute atomic E-state index is 13.4. The topological polar surface area (TPSA) is 101 Å². The van der Waals surface area contributed by atoms with Crippen molar-refractivity contribution in [2.45, 2.75) is 0 Å². The molecule has 8 heteroatoms. The van der Waals surface area contributed by atoms with E-state index in [0.717, 1.165) is 0 Å². The maximum atomic E-state index is 13.4. The fourth-order valence-corrected chi connectivity index (χ4v) is 1.76. The molecule has 0 spiro atoms. The second-order valence-corrected chi connectivity index (χ2v) is 4.00. The highest BCUT2D eigenvalue weighted by atomic mass is 19.1. The van der Waals surface area contributed by atoms with Gasteiger partial charge in [-0.25, -0.2) is 4.39 Å². The smallest absolute Gasteiger partial charge is 0.248 e. The Kier molecular flexibility index (Phi) is 3.28. The predicted molar refractivity (Wildman–Crippen MR) is 71.7 cm³/mol. The van der Waals surface area contributed by atoms with Gasteiger partial charge in [0, 0.05) is 22.9 Å². The first-order chi connectivity index (χ1) is 10.3. The van der Waals surface area contributed by atoms with Gasteiger partial charge >= 0.3 is 0 Å². The standard InChI is InChI=1S/C13H7FN6O/c14-9-1-2-11(17-20-15)10(7-9)13-19-18-12(21-13)8-3-5-16-6-4-8/h1-7H. The number of pyridine rings is 1. The van der Waals surface area contributed by atoms with Crippen LogP contribution in [-0.2, 0) is 0 Å². The van der Waals surface area contributed by atoms with Gasteiger partial charge in [-0.05, 0) is 35.9 Å². The SMILES string of the molecule is [N-]=[N+]=Nc1ccc(F)cc1-c1nnc(-c2ccncc2)o1. The zero-order valence-corrected chi connectivity index (χ0v) is 10.5. The Hall–Kier alpha value is -3.25. The van der Waals surface area contributed by atoms with Crippen molar-refractivity contribution in [3.05, 3.63) is 59.0 Å². The lowest BCUT2D eigenvalue weighted by Gasteiger charge is -2.00. The fourth-order valence-electron chi connectivity index (χ4n) is 1.76. The van der Waals surface area contributed by atoms with Crippen LogP contribution < -0.4 is 0 Å². The van der Waals surface area contributed by atoms with Crippen LogP contribution in [0.15, 0.2) is 52.3 Å². The summed E-state index contributed by atoms with van der Waals surface area (Å²) in [6.07, 6.45) is 3.18. The van der Waals surface area contributed by atoms with Crippen LogP contribution in [-0.4, -0.2) is 15.2 Å². The molecule has 0 saturated carbocycles. The Balaban J connectivity index is 2.08. The quantitative estimate of drug-likeness (QED) is 0.413. The van der Waals surface area contributed by atoms with Crippen LogP contribution in [0.4, 0.5) is 10.1 Å². The van der Waals surface area contributed by atoms with E-state index in [9.17, 15) is 4.39 Å². The zero-order chi connectivity index (χ0) is 14.7. The van der Waals surface area contributed by atoms with Gasteiger partial charge in [0.15, 0.2) is 0 Å². The van der Waals surface area contributed by atoms with Crippen LogP contribution in [0.5, 0.6) is 0 Å². The monoisotopic (exact) mass is 282 g/mol. The van der Waals surface area contributed by atoms with Crippen molar-refractivity contribution in [1.29, 1.82) is 0 Å². The summed E-state index contributed by atoms with van der Waals surface area (Å²) in [5.41, 5.74) is 9.67. The Morgan fingerprint density at radius 1 is 1.10 bits per heavy atom. The van der Waals surface area contributed by atoms with Gasteiger partial charge in [-0.1, -0.05) is 5.11 Å². The molecular weight excluding hydrogens is 275 g/mol. The molecule has 2 aromatic heterocycles. The van der Waals surface area contributed by atoms with Crippen LogP contribution in [0.1, 0.15) is 0 Å². The average molecular weight is 282 g/mol. The van der Waals surface area contributed by atoms with Crippen molar-refractivity contribution in [3.8, 4) is 22.9 Å². The Bertz CT molecular complexity index is 826. The first-order valence-corrected chi connectivity index (χ1v) is 5.87. The Morgan fingerprint density at radius 2 is 1.86 bits per heavy atom. The van der Waals surface area contributed by atoms with Crippen LogP contribution in [0.25, 0.3) is 33.4 Å². The summed E-state index contributed by atoms with van der Waals surface area (Å²) in [7, 11) is 0. The average Bonchev–Trinajstić information content (AvgIpc) is 3.00. The summed E-state index contributed by atoms with van der Waals surface area (Å²) in [6, 6.07) is 7.12. The number of hydrogen-bond donors (Lipinski definition) is 0. The third-order valence-electron chi connectivity index (χ3n) is 2.69. The fraction of sp³-hybridized carbons (Fsp3) is 0. The molecule has 0 amide bonds. The van der Waals surface area contributed by atoms with Crippen LogP contribution >= 0.6 is 0 Å². The molecule has 0 unspecified atom stereocenters. The molecule has 21 heavy (non-hydrogen) atoms. The Labute approximate surface area is 117 Å². The molecule has 0 fully saturated rings. The van der Waals surface area contributed by atoms with Crippen molar-refractivity contribution in [2.24, 2.45) is 5.11 Å². The van der Waals surface area contributed by atoms with Crippen LogP contribution in [0.3, 0.4) is 0 Å². The summed E-state index contributed by atoms with van der Waals surface area (Å²) in [5.74, 6) is -0.155. The third-order valence-corrected chi connectivity index (χ3v) is 2.69. The molecule has 0 aliphatic carbocycles. The molecule has 102 valence electrons. The van der Waals surface area contributed by atoms with Crippen molar-refractivity contribution in [1.82, 2.24) is 15.2 Å². The van der Waals surface area contributed by atoms with E-state index in [1.54, 1.807) is 24.5 Å². The summed E-state index contributed by atoms with van der Waals surface area (Å²) in [5, 5.41) is 11.2. The number of rotatable bonds is 3. The molecule has 7 nitrogen and oxygen atoms in total. The summed E-state index contributed by atoms with van der Waals surface area (Å²) < 4.78 is 18.9. The van der Waals surface area contributed by atoms with Crippen LogP contribution in [0.2, 0.25) is 0 Å². The minimum absolute atomic E-state index is 0.0729. The molecule has 1 aromatic carbocycles. The first-order valence-electron chi connectivity index (χ1n) is 5.87.